The van der Waals surface area contributed by atoms with Crippen LogP contribution in [0.25, 0.3) is 0 Å². The number of hydrogen-bond donors (Lipinski definition) is 1. The molecule has 0 saturated heterocycles. The molecule has 0 bridgehead atoms. The third kappa shape index (κ3) is 5.20. The fourth-order valence-electron chi connectivity index (χ4n) is 1.79. The minimum Gasteiger partial charge on any atom is -0.265 e. The first-order chi connectivity index (χ1) is 8.97. The summed E-state index contributed by atoms with van der Waals surface area (Å²) in [7, 11) is -3.27. The van der Waals surface area contributed by atoms with Crippen molar-refractivity contribution >= 4 is 26.0 Å². The van der Waals surface area contributed by atoms with Gasteiger partial charge in [-0.25, -0.2) is 13.1 Å². The van der Waals surface area contributed by atoms with E-state index >= 15 is 0 Å². The van der Waals surface area contributed by atoms with Crippen molar-refractivity contribution in [1.82, 2.24) is 9.71 Å². The second-order valence-corrected chi connectivity index (χ2v) is 7.05. The molecule has 0 radical (unpaired) electrons. The van der Waals surface area contributed by atoms with Gasteiger partial charge in [0.05, 0.1) is 5.75 Å². The van der Waals surface area contributed by atoms with Crippen molar-refractivity contribution in [3.8, 4) is 0 Å². The molecular weight excluding hydrogens is 328 g/mol. The predicted octanol–water partition coefficient (Wildman–Crippen LogP) is 2.50. The second kappa shape index (κ2) is 7.36. The summed E-state index contributed by atoms with van der Waals surface area (Å²) in [5.74, 6) is 0.103. The topological polar surface area (TPSA) is 59.1 Å². The minimum absolute atomic E-state index is 0.103. The molecule has 1 aromatic rings. The number of sulfonamides is 1. The van der Waals surface area contributed by atoms with Crippen LogP contribution in [0.1, 0.15) is 32.3 Å². The van der Waals surface area contributed by atoms with Crippen molar-refractivity contribution in [2.45, 2.75) is 38.6 Å². The van der Waals surface area contributed by atoms with Gasteiger partial charge in [-0.05, 0) is 37.0 Å². The van der Waals surface area contributed by atoms with Crippen LogP contribution in [0.15, 0.2) is 24.5 Å². The van der Waals surface area contributed by atoms with Crippen molar-refractivity contribution in [3.63, 3.8) is 0 Å². The van der Waals surface area contributed by atoms with Crippen LogP contribution < -0.4 is 4.72 Å². The molecule has 0 saturated carbocycles. The molecule has 0 unspecified atom stereocenters. The molecular formula is C13H21BrN2O2S. The number of aromatic nitrogens is 1. The fraction of sp³-hybridized carbons (Fsp3) is 0.615. The summed E-state index contributed by atoms with van der Waals surface area (Å²) in [5, 5.41) is 0.626. The van der Waals surface area contributed by atoms with Gasteiger partial charge in [0.1, 0.15) is 0 Å². The number of halogens is 1. The highest BCUT2D eigenvalue weighted by atomic mass is 79.9. The number of rotatable bonds is 8. The molecule has 0 aliphatic carbocycles. The number of nitrogens with one attached hydrogen (secondary N) is 1. The molecule has 1 heterocycles. The Bertz CT molecular complexity index is 464. The molecule has 1 aromatic heterocycles. The molecule has 0 aliphatic heterocycles. The first-order valence-electron chi connectivity index (χ1n) is 6.43. The van der Waals surface area contributed by atoms with Gasteiger partial charge < -0.3 is 0 Å². The van der Waals surface area contributed by atoms with Gasteiger partial charge in [-0.15, -0.1) is 0 Å². The highest BCUT2D eigenvalue weighted by Crippen LogP contribution is 2.19. The minimum atomic E-state index is -3.27. The summed E-state index contributed by atoms with van der Waals surface area (Å²) in [6.07, 6.45) is 5.39. The first kappa shape index (κ1) is 16.6. The molecule has 0 aliphatic rings. The van der Waals surface area contributed by atoms with Crippen molar-refractivity contribution < 1.29 is 8.42 Å². The zero-order valence-corrected chi connectivity index (χ0v) is 13.8. The van der Waals surface area contributed by atoms with Crippen molar-refractivity contribution in [2.24, 2.45) is 0 Å². The summed E-state index contributed by atoms with van der Waals surface area (Å²) >= 11 is 3.41. The van der Waals surface area contributed by atoms with Crippen molar-refractivity contribution in [3.05, 3.63) is 30.1 Å². The van der Waals surface area contributed by atoms with Gasteiger partial charge in [0, 0.05) is 23.3 Å². The maximum Gasteiger partial charge on any atom is 0.212 e. The average molecular weight is 349 g/mol. The molecule has 0 atom stereocenters. The Hall–Kier alpha value is -0.460. The molecule has 1 N–H and O–H groups in total. The molecule has 19 heavy (non-hydrogen) atoms. The Balaban J connectivity index is 2.66. The first-order valence-corrected chi connectivity index (χ1v) is 9.21. The van der Waals surface area contributed by atoms with Gasteiger partial charge in [-0.3, -0.25) is 4.98 Å². The third-order valence-electron chi connectivity index (χ3n) is 3.39. The lowest BCUT2D eigenvalue weighted by atomic mass is 9.97. The van der Waals surface area contributed by atoms with E-state index < -0.39 is 10.0 Å². The van der Waals surface area contributed by atoms with E-state index in [1.165, 1.54) is 0 Å². The predicted molar refractivity (Wildman–Crippen MR) is 82.0 cm³/mol. The van der Waals surface area contributed by atoms with Crippen LogP contribution in [0.3, 0.4) is 0 Å². The molecule has 4 nitrogen and oxygen atoms in total. The number of alkyl halides is 1. The molecule has 0 fully saturated rings. The van der Waals surface area contributed by atoms with Crippen LogP contribution in [0.4, 0.5) is 0 Å². The van der Waals surface area contributed by atoms with Gasteiger partial charge in [-0.2, -0.15) is 0 Å². The zero-order chi connectivity index (χ0) is 14.4. The monoisotopic (exact) mass is 348 g/mol. The summed E-state index contributed by atoms with van der Waals surface area (Å²) in [6.45, 7) is 3.99. The van der Waals surface area contributed by atoms with Crippen molar-refractivity contribution in [2.75, 3.05) is 11.1 Å². The number of hydrogen-bond acceptors (Lipinski definition) is 3. The van der Waals surface area contributed by atoms with E-state index in [2.05, 4.69) is 25.6 Å². The van der Waals surface area contributed by atoms with Crippen LogP contribution >= 0.6 is 15.9 Å². The third-order valence-corrected chi connectivity index (χ3v) is 5.95. The normalized spacial score (nSPS) is 12.6. The molecule has 0 amide bonds. The molecule has 0 aromatic carbocycles. The molecule has 108 valence electrons. The number of pyridine rings is 1. The maximum absolute atomic E-state index is 12.1. The van der Waals surface area contributed by atoms with Gasteiger partial charge in [0.25, 0.3) is 0 Å². The maximum atomic E-state index is 12.1. The SMILES string of the molecule is CCC(CC)(CBr)NS(=O)(=O)CCc1ccncc1. The van der Waals surface area contributed by atoms with Crippen LogP contribution in [-0.4, -0.2) is 30.0 Å². The largest absolute Gasteiger partial charge is 0.265 e. The highest BCUT2D eigenvalue weighted by molar-refractivity contribution is 9.09. The standard InChI is InChI=1S/C13H21BrN2O2S/c1-3-13(4-2,11-14)16-19(17,18)10-7-12-5-8-15-9-6-12/h5-6,8-9,16H,3-4,7,10-11H2,1-2H3. The van der Waals surface area contributed by atoms with Gasteiger partial charge in [0.2, 0.25) is 10.0 Å². The lowest BCUT2D eigenvalue weighted by molar-refractivity contribution is 0.398. The van der Waals surface area contributed by atoms with E-state index in [1.807, 2.05) is 26.0 Å². The highest BCUT2D eigenvalue weighted by Gasteiger charge is 2.29. The Labute approximate surface area is 124 Å². The zero-order valence-electron chi connectivity index (χ0n) is 11.4. The van der Waals surface area contributed by atoms with Crippen LogP contribution in [0.2, 0.25) is 0 Å². The smallest absolute Gasteiger partial charge is 0.212 e. The van der Waals surface area contributed by atoms with E-state index in [0.717, 1.165) is 18.4 Å². The van der Waals surface area contributed by atoms with Crippen molar-refractivity contribution in [1.29, 1.82) is 0 Å². The Morgan fingerprint density at radius 1 is 1.26 bits per heavy atom. The Kier molecular flexibility index (Phi) is 6.42. The quantitative estimate of drug-likeness (QED) is 0.734. The van der Waals surface area contributed by atoms with Gasteiger partial charge in [0.15, 0.2) is 0 Å². The fourth-order valence-corrected chi connectivity index (χ4v) is 4.54. The average Bonchev–Trinajstić information content (AvgIpc) is 2.44. The van der Waals surface area contributed by atoms with Gasteiger partial charge >= 0.3 is 0 Å². The Morgan fingerprint density at radius 2 is 1.84 bits per heavy atom. The lowest BCUT2D eigenvalue weighted by Gasteiger charge is -2.30. The van der Waals surface area contributed by atoms with E-state index in [1.54, 1.807) is 12.4 Å². The lowest BCUT2D eigenvalue weighted by Crippen LogP contribution is -2.49. The number of nitrogens with zero attached hydrogens (tertiary/aromatic N) is 1. The molecule has 1 rings (SSSR count). The van der Waals surface area contributed by atoms with E-state index in [0.29, 0.717) is 11.8 Å². The summed E-state index contributed by atoms with van der Waals surface area (Å²) in [6, 6.07) is 3.68. The molecule has 0 spiro atoms. The van der Waals surface area contributed by atoms with Crippen LogP contribution in [0, 0.1) is 0 Å². The van der Waals surface area contributed by atoms with Gasteiger partial charge in [-0.1, -0.05) is 29.8 Å². The summed E-state index contributed by atoms with van der Waals surface area (Å²) < 4.78 is 27.1. The van der Waals surface area contributed by atoms with Crippen LogP contribution in [0.5, 0.6) is 0 Å². The van der Waals surface area contributed by atoms with E-state index in [9.17, 15) is 8.42 Å². The summed E-state index contributed by atoms with van der Waals surface area (Å²) in [5.41, 5.74) is 0.606. The molecule has 6 heteroatoms. The van der Waals surface area contributed by atoms with E-state index in [-0.39, 0.29) is 11.3 Å². The number of aryl methyl sites for hydroxylation is 1. The summed E-state index contributed by atoms with van der Waals surface area (Å²) in [4.78, 5) is 3.92. The Morgan fingerprint density at radius 3 is 2.32 bits per heavy atom. The second-order valence-electron chi connectivity index (χ2n) is 4.65. The van der Waals surface area contributed by atoms with Crippen LogP contribution in [-0.2, 0) is 16.4 Å². The van der Waals surface area contributed by atoms with E-state index in [4.69, 9.17) is 0 Å².